The van der Waals surface area contributed by atoms with Crippen molar-refractivity contribution in [2.24, 2.45) is 0 Å². The molecule has 2 aromatic rings. The van der Waals surface area contributed by atoms with Gasteiger partial charge in [0.25, 0.3) is 0 Å². The molecule has 0 saturated heterocycles. The predicted octanol–water partition coefficient (Wildman–Crippen LogP) is 3.78. The lowest BCUT2D eigenvalue weighted by atomic mass is 9.93. The zero-order chi connectivity index (χ0) is 12.6. The van der Waals surface area contributed by atoms with Gasteiger partial charge in [0.1, 0.15) is 5.82 Å². The molecule has 17 heavy (non-hydrogen) atoms. The lowest BCUT2D eigenvalue weighted by Crippen LogP contribution is -2.12. The molecule has 0 radical (unpaired) electrons. The molecule has 0 spiro atoms. The number of H-pyrrole nitrogens is 1. The summed E-state index contributed by atoms with van der Waals surface area (Å²) in [5, 5.41) is 7.63. The number of hydrogen-bond donors (Lipinski definition) is 1. The van der Waals surface area contributed by atoms with E-state index in [1.54, 1.807) is 11.3 Å². The van der Waals surface area contributed by atoms with Crippen molar-refractivity contribution in [3.8, 4) is 0 Å². The molecular formula is C10H13BrN4S2. The quantitative estimate of drug-likeness (QED) is 0.909. The average molecular weight is 333 g/mol. The molecule has 0 atom stereocenters. The Balaban J connectivity index is 2.24. The first-order valence-electron chi connectivity index (χ1n) is 5.10. The van der Waals surface area contributed by atoms with Gasteiger partial charge in [-0.2, -0.15) is 0 Å². The van der Waals surface area contributed by atoms with Crippen LogP contribution in [0.2, 0.25) is 0 Å². The van der Waals surface area contributed by atoms with E-state index in [1.807, 2.05) is 6.92 Å². The molecule has 0 unspecified atom stereocenters. The third kappa shape index (κ3) is 3.08. The lowest BCUT2D eigenvalue weighted by Gasteiger charge is -2.15. The minimum Gasteiger partial charge on any atom is -0.262 e. The van der Waals surface area contributed by atoms with Crippen molar-refractivity contribution in [2.75, 3.05) is 0 Å². The van der Waals surface area contributed by atoms with Gasteiger partial charge < -0.3 is 0 Å². The molecule has 2 aromatic heterocycles. The van der Waals surface area contributed by atoms with Crippen molar-refractivity contribution in [1.29, 1.82) is 0 Å². The molecular weight excluding hydrogens is 320 g/mol. The summed E-state index contributed by atoms with van der Waals surface area (Å²) in [6, 6.07) is 0. The van der Waals surface area contributed by atoms with Gasteiger partial charge in [0, 0.05) is 5.41 Å². The maximum absolute atomic E-state index is 4.63. The number of thiazole rings is 1. The zero-order valence-electron chi connectivity index (χ0n) is 10.0. The zero-order valence-corrected chi connectivity index (χ0v) is 13.3. The Hall–Kier alpha value is -0.400. The highest BCUT2D eigenvalue weighted by molar-refractivity contribution is 9.11. The summed E-state index contributed by atoms with van der Waals surface area (Å²) in [5.74, 6) is 0.819. The van der Waals surface area contributed by atoms with Crippen molar-refractivity contribution < 1.29 is 0 Å². The van der Waals surface area contributed by atoms with Crippen LogP contribution in [-0.4, -0.2) is 20.2 Å². The minimum atomic E-state index is 0.0447. The third-order valence-electron chi connectivity index (χ3n) is 2.03. The number of hydrogen-bond acceptors (Lipinski definition) is 5. The molecule has 0 bridgehead atoms. The Kier molecular flexibility index (Phi) is 3.61. The van der Waals surface area contributed by atoms with Crippen LogP contribution < -0.4 is 0 Å². The SMILES string of the molecule is Cc1nc(Sc2nc(C(C)(C)C)c(Br)s2)n[nH]1. The van der Waals surface area contributed by atoms with Gasteiger partial charge in [0.05, 0.1) is 9.48 Å². The number of rotatable bonds is 2. The van der Waals surface area contributed by atoms with Crippen molar-refractivity contribution in [3.05, 3.63) is 15.3 Å². The Morgan fingerprint density at radius 2 is 2.00 bits per heavy atom. The van der Waals surface area contributed by atoms with Crippen LogP contribution in [0.25, 0.3) is 0 Å². The van der Waals surface area contributed by atoms with E-state index in [9.17, 15) is 0 Å². The van der Waals surface area contributed by atoms with E-state index in [2.05, 4.69) is 56.9 Å². The van der Waals surface area contributed by atoms with Crippen molar-refractivity contribution in [3.63, 3.8) is 0 Å². The average Bonchev–Trinajstić information content (AvgIpc) is 2.72. The molecule has 7 heteroatoms. The Labute approximate surface area is 117 Å². The fourth-order valence-electron chi connectivity index (χ4n) is 1.24. The Morgan fingerprint density at radius 3 is 2.47 bits per heavy atom. The molecule has 0 aliphatic carbocycles. The molecule has 1 N–H and O–H groups in total. The van der Waals surface area contributed by atoms with Gasteiger partial charge in [-0.15, -0.1) is 5.10 Å². The van der Waals surface area contributed by atoms with E-state index in [0.29, 0.717) is 5.16 Å². The van der Waals surface area contributed by atoms with Gasteiger partial charge in [-0.3, -0.25) is 5.10 Å². The highest BCUT2D eigenvalue weighted by Crippen LogP contribution is 2.38. The Bertz CT molecular complexity index is 527. The van der Waals surface area contributed by atoms with Crippen LogP contribution in [0.15, 0.2) is 13.3 Å². The number of aryl methyl sites for hydroxylation is 1. The molecule has 0 saturated carbocycles. The lowest BCUT2D eigenvalue weighted by molar-refractivity contribution is 0.566. The smallest absolute Gasteiger partial charge is 0.215 e. The second-order valence-electron chi connectivity index (χ2n) is 4.66. The standard InChI is InChI=1S/C10H13BrN4S2/c1-5-12-8(15-14-5)17-9-13-6(7(11)16-9)10(2,3)4/h1-4H3,(H,12,14,15). The van der Waals surface area contributed by atoms with Crippen molar-refractivity contribution in [1.82, 2.24) is 20.2 Å². The summed E-state index contributed by atoms with van der Waals surface area (Å²) in [7, 11) is 0. The highest BCUT2D eigenvalue weighted by Gasteiger charge is 2.22. The van der Waals surface area contributed by atoms with Crippen LogP contribution in [0.5, 0.6) is 0 Å². The van der Waals surface area contributed by atoms with Gasteiger partial charge in [0.2, 0.25) is 5.16 Å². The van der Waals surface area contributed by atoms with Crippen LogP contribution in [0.1, 0.15) is 32.3 Å². The monoisotopic (exact) mass is 332 g/mol. The summed E-state index contributed by atoms with van der Waals surface area (Å²) >= 11 is 6.67. The summed E-state index contributed by atoms with van der Waals surface area (Å²) in [6.45, 7) is 8.34. The first kappa shape index (κ1) is 13.0. The van der Waals surface area contributed by atoms with Crippen LogP contribution >= 0.6 is 39.0 Å². The van der Waals surface area contributed by atoms with Crippen molar-refractivity contribution >= 4 is 39.0 Å². The van der Waals surface area contributed by atoms with Gasteiger partial charge in [-0.1, -0.05) is 32.1 Å². The Morgan fingerprint density at radius 1 is 1.29 bits per heavy atom. The largest absolute Gasteiger partial charge is 0.262 e. The molecule has 0 amide bonds. The number of aromatic nitrogens is 4. The normalized spacial score (nSPS) is 12.1. The minimum absolute atomic E-state index is 0.0447. The molecule has 2 heterocycles. The first-order chi connectivity index (χ1) is 7.86. The van der Waals surface area contributed by atoms with E-state index >= 15 is 0 Å². The maximum Gasteiger partial charge on any atom is 0.215 e. The van der Waals surface area contributed by atoms with Gasteiger partial charge in [-0.05, 0) is 34.6 Å². The van der Waals surface area contributed by atoms with Crippen molar-refractivity contribution in [2.45, 2.75) is 42.6 Å². The summed E-state index contributed by atoms with van der Waals surface area (Å²) in [4.78, 5) is 8.88. The second-order valence-corrected chi connectivity index (χ2v) is 8.19. The number of nitrogens with zero attached hydrogens (tertiary/aromatic N) is 3. The molecule has 0 aliphatic heterocycles. The van der Waals surface area contributed by atoms with Crippen LogP contribution in [0.3, 0.4) is 0 Å². The molecule has 4 nitrogen and oxygen atoms in total. The molecule has 0 fully saturated rings. The van der Waals surface area contributed by atoms with E-state index in [1.165, 1.54) is 11.8 Å². The molecule has 92 valence electrons. The van der Waals surface area contributed by atoms with Crippen LogP contribution in [0, 0.1) is 6.92 Å². The molecule has 2 rings (SSSR count). The fraction of sp³-hybridized carbons (Fsp3) is 0.500. The maximum atomic E-state index is 4.63. The molecule has 0 aromatic carbocycles. The number of aromatic amines is 1. The van der Waals surface area contributed by atoms with Gasteiger partial charge in [-0.25, -0.2) is 9.97 Å². The topological polar surface area (TPSA) is 54.5 Å². The summed E-state index contributed by atoms with van der Waals surface area (Å²) in [6.07, 6.45) is 0. The van der Waals surface area contributed by atoms with Gasteiger partial charge >= 0.3 is 0 Å². The number of nitrogens with one attached hydrogen (secondary N) is 1. The number of halogens is 1. The van der Waals surface area contributed by atoms with E-state index in [0.717, 1.165) is 19.6 Å². The van der Waals surface area contributed by atoms with E-state index in [4.69, 9.17) is 0 Å². The van der Waals surface area contributed by atoms with Crippen LogP contribution in [-0.2, 0) is 5.41 Å². The second kappa shape index (κ2) is 4.70. The van der Waals surface area contributed by atoms with Gasteiger partial charge in [0.15, 0.2) is 4.34 Å². The fourth-order valence-corrected chi connectivity index (χ4v) is 4.65. The van der Waals surface area contributed by atoms with Crippen LogP contribution in [0.4, 0.5) is 0 Å². The summed E-state index contributed by atoms with van der Waals surface area (Å²) in [5.41, 5.74) is 1.13. The third-order valence-corrected chi connectivity index (χ3v) is 4.66. The van der Waals surface area contributed by atoms with E-state index < -0.39 is 0 Å². The first-order valence-corrected chi connectivity index (χ1v) is 7.52. The summed E-state index contributed by atoms with van der Waals surface area (Å²) < 4.78 is 2.04. The predicted molar refractivity (Wildman–Crippen MR) is 73.8 cm³/mol. The molecule has 0 aliphatic rings. The van der Waals surface area contributed by atoms with E-state index in [-0.39, 0.29) is 5.41 Å². The highest BCUT2D eigenvalue weighted by atomic mass is 79.9.